The van der Waals surface area contributed by atoms with E-state index in [4.69, 9.17) is 0 Å². The van der Waals surface area contributed by atoms with Gasteiger partial charge < -0.3 is 10.2 Å². The monoisotopic (exact) mass is 396 g/mol. The number of likely N-dealkylation sites (tertiary alicyclic amines) is 1. The first-order valence-corrected chi connectivity index (χ1v) is 9.96. The number of hydrogen-bond acceptors (Lipinski definition) is 4. The van der Waals surface area contributed by atoms with Gasteiger partial charge in [0.2, 0.25) is 11.8 Å². The van der Waals surface area contributed by atoms with Crippen molar-refractivity contribution >= 4 is 17.5 Å². The van der Waals surface area contributed by atoms with Gasteiger partial charge in [-0.25, -0.2) is 14.8 Å². The highest BCUT2D eigenvalue weighted by Crippen LogP contribution is 2.31. The molecule has 2 aromatic carbocycles. The zero-order valence-corrected chi connectivity index (χ0v) is 16.3. The number of benzene rings is 2. The van der Waals surface area contributed by atoms with Gasteiger partial charge in [-0.05, 0) is 36.4 Å². The van der Waals surface area contributed by atoms with E-state index in [-0.39, 0.29) is 35.5 Å². The molecule has 0 aliphatic carbocycles. The fourth-order valence-corrected chi connectivity index (χ4v) is 4.13. The third-order valence-corrected chi connectivity index (χ3v) is 5.77. The molecule has 7 heteroatoms. The van der Waals surface area contributed by atoms with Crippen LogP contribution < -0.4 is 15.8 Å². The van der Waals surface area contributed by atoms with Crippen molar-refractivity contribution in [3.8, 4) is 0 Å². The molecule has 2 saturated heterocycles. The normalized spacial score (nSPS) is 24.4. The first-order chi connectivity index (χ1) is 14.1. The van der Waals surface area contributed by atoms with E-state index < -0.39 is 0 Å². The second kappa shape index (κ2) is 8.31. The fraction of sp³-hybridized carbons (Fsp3) is 0.364. The molecular weight excluding hydrogens is 371 g/mol. The van der Waals surface area contributed by atoms with E-state index in [0.29, 0.717) is 19.6 Å². The average molecular weight is 396 g/mol. The van der Waals surface area contributed by atoms with E-state index in [9.17, 15) is 14.0 Å². The summed E-state index contributed by atoms with van der Waals surface area (Å²) in [7, 11) is 0. The van der Waals surface area contributed by atoms with E-state index in [1.165, 1.54) is 12.1 Å². The fourth-order valence-electron chi connectivity index (χ4n) is 4.13. The Labute approximate surface area is 169 Å². The number of carbonyl (C=O) groups is 2. The maximum Gasteiger partial charge on any atom is 0.247 e. The minimum absolute atomic E-state index is 0.00400. The lowest BCUT2D eigenvalue weighted by Crippen LogP contribution is -2.56. The van der Waals surface area contributed by atoms with Crippen molar-refractivity contribution in [1.29, 1.82) is 0 Å². The molecule has 2 aliphatic heterocycles. The number of rotatable bonds is 5. The largest absolute Gasteiger partial charge is 0.352 e. The molecule has 29 heavy (non-hydrogen) atoms. The van der Waals surface area contributed by atoms with Crippen molar-refractivity contribution < 1.29 is 14.0 Å². The van der Waals surface area contributed by atoms with E-state index >= 15 is 0 Å². The molecule has 2 aromatic rings. The van der Waals surface area contributed by atoms with Gasteiger partial charge in [0, 0.05) is 19.6 Å². The molecule has 3 unspecified atom stereocenters. The maximum absolute atomic E-state index is 13.1. The van der Waals surface area contributed by atoms with E-state index in [2.05, 4.69) is 15.6 Å². The summed E-state index contributed by atoms with van der Waals surface area (Å²) < 4.78 is 13.1. The lowest BCUT2D eigenvalue weighted by Gasteiger charge is -2.37. The summed E-state index contributed by atoms with van der Waals surface area (Å²) in [6.07, 6.45) is 0. The number of halogens is 1. The van der Waals surface area contributed by atoms with Crippen molar-refractivity contribution in [1.82, 2.24) is 15.6 Å². The van der Waals surface area contributed by atoms with Crippen molar-refractivity contribution in [2.45, 2.75) is 19.5 Å². The van der Waals surface area contributed by atoms with E-state index in [0.717, 1.165) is 17.8 Å². The highest BCUT2D eigenvalue weighted by Gasteiger charge is 2.50. The summed E-state index contributed by atoms with van der Waals surface area (Å²) in [4.78, 5) is 28.2. The summed E-state index contributed by atoms with van der Waals surface area (Å²) in [5, 5.41) is 4.54. The number of para-hydroxylation sites is 1. The Morgan fingerprint density at radius 1 is 1.14 bits per heavy atom. The summed E-state index contributed by atoms with van der Waals surface area (Å²) >= 11 is 0. The molecule has 2 N–H and O–H groups in total. The molecule has 0 spiro atoms. The molecule has 6 nitrogen and oxygen atoms in total. The summed E-state index contributed by atoms with van der Waals surface area (Å²) in [5.74, 6) is -1.03. The SMILES string of the molecule is CCN1CC(C(=O)NCc2ccc(F)cc2)C2NN(c3ccccc3)C(=O)C2C1. The zero-order valence-electron chi connectivity index (χ0n) is 16.3. The number of nitrogens with one attached hydrogen (secondary N) is 2. The molecule has 0 bridgehead atoms. The first-order valence-electron chi connectivity index (χ1n) is 9.96. The predicted molar refractivity (Wildman–Crippen MR) is 108 cm³/mol. The number of nitrogens with zero attached hydrogens (tertiary/aromatic N) is 2. The van der Waals surface area contributed by atoms with Gasteiger partial charge in [0.15, 0.2) is 0 Å². The lowest BCUT2D eigenvalue weighted by atomic mass is 9.84. The Morgan fingerprint density at radius 3 is 2.55 bits per heavy atom. The predicted octanol–water partition coefficient (Wildman–Crippen LogP) is 1.93. The molecule has 2 amide bonds. The standard InChI is InChI=1S/C22H25FN4O2/c1-2-26-13-18(21(28)24-12-15-8-10-16(23)11-9-15)20-19(14-26)22(29)27(25-20)17-6-4-3-5-7-17/h3-11,18-20,25H,2,12-14H2,1H3,(H,24,28). The molecule has 2 aliphatic rings. The van der Waals surface area contributed by atoms with Crippen LogP contribution in [0.25, 0.3) is 0 Å². The van der Waals surface area contributed by atoms with Gasteiger partial charge in [0.1, 0.15) is 5.82 Å². The highest BCUT2D eigenvalue weighted by atomic mass is 19.1. The molecule has 0 aromatic heterocycles. The van der Waals surface area contributed by atoms with Gasteiger partial charge in [-0.2, -0.15) is 0 Å². The third-order valence-electron chi connectivity index (χ3n) is 5.77. The van der Waals surface area contributed by atoms with Crippen LogP contribution in [0.15, 0.2) is 54.6 Å². The lowest BCUT2D eigenvalue weighted by molar-refractivity contribution is -0.129. The topological polar surface area (TPSA) is 64.7 Å². The van der Waals surface area contributed by atoms with Crippen LogP contribution in [0.2, 0.25) is 0 Å². The van der Waals surface area contributed by atoms with Gasteiger partial charge >= 0.3 is 0 Å². The van der Waals surface area contributed by atoms with E-state index in [1.54, 1.807) is 17.1 Å². The molecular formula is C22H25FN4O2. The second-order valence-corrected chi connectivity index (χ2v) is 7.57. The molecule has 2 heterocycles. The Balaban J connectivity index is 1.50. The Bertz CT molecular complexity index is 874. The molecule has 3 atom stereocenters. The minimum atomic E-state index is -0.355. The van der Waals surface area contributed by atoms with Crippen LogP contribution in [-0.4, -0.2) is 42.4 Å². The second-order valence-electron chi connectivity index (χ2n) is 7.57. The Kier molecular flexibility index (Phi) is 5.60. The van der Waals surface area contributed by atoms with Crippen LogP contribution in [0, 0.1) is 17.7 Å². The number of hydrazine groups is 1. The van der Waals surface area contributed by atoms with Gasteiger partial charge in [0.25, 0.3) is 0 Å². The molecule has 152 valence electrons. The van der Waals surface area contributed by atoms with Crippen LogP contribution in [0.4, 0.5) is 10.1 Å². The van der Waals surface area contributed by atoms with Crippen LogP contribution in [0.3, 0.4) is 0 Å². The average Bonchev–Trinajstić information content (AvgIpc) is 3.09. The van der Waals surface area contributed by atoms with Gasteiger partial charge in [0.05, 0.1) is 23.6 Å². The summed E-state index contributed by atoms with van der Waals surface area (Å²) in [6, 6.07) is 15.3. The molecule has 0 saturated carbocycles. The Morgan fingerprint density at radius 2 is 1.86 bits per heavy atom. The maximum atomic E-state index is 13.1. The highest BCUT2D eigenvalue weighted by molar-refractivity contribution is 5.98. The molecule has 4 rings (SSSR count). The number of anilines is 1. The minimum Gasteiger partial charge on any atom is -0.352 e. The van der Waals surface area contributed by atoms with Gasteiger partial charge in [-0.3, -0.25) is 9.59 Å². The molecule has 0 radical (unpaired) electrons. The van der Waals surface area contributed by atoms with Crippen molar-refractivity contribution in [2.75, 3.05) is 24.6 Å². The zero-order chi connectivity index (χ0) is 20.4. The Hall–Kier alpha value is -2.77. The van der Waals surface area contributed by atoms with Gasteiger partial charge in [-0.1, -0.05) is 37.3 Å². The molecule has 2 fully saturated rings. The van der Waals surface area contributed by atoms with Crippen LogP contribution in [0.5, 0.6) is 0 Å². The van der Waals surface area contributed by atoms with Crippen molar-refractivity contribution in [3.63, 3.8) is 0 Å². The third kappa shape index (κ3) is 4.02. The number of hydrogen-bond donors (Lipinski definition) is 2. The summed E-state index contributed by atoms with van der Waals surface area (Å²) in [6.45, 7) is 4.38. The number of carbonyl (C=O) groups excluding carboxylic acids is 2. The number of amides is 2. The first kappa shape index (κ1) is 19.5. The van der Waals surface area contributed by atoms with Crippen molar-refractivity contribution in [3.05, 3.63) is 66.0 Å². The quantitative estimate of drug-likeness (QED) is 0.811. The summed E-state index contributed by atoms with van der Waals surface area (Å²) in [5.41, 5.74) is 4.90. The smallest absolute Gasteiger partial charge is 0.247 e. The van der Waals surface area contributed by atoms with E-state index in [1.807, 2.05) is 37.3 Å². The number of fused-ring (bicyclic) bond motifs is 1. The van der Waals surface area contributed by atoms with Crippen LogP contribution in [0.1, 0.15) is 12.5 Å². The van der Waals surface area contributed by atoms with Crippen molar-refractivity contribution in [2.24, 2.45) is 11.8 Å². The van der Waals surface area contributed by atoms with Crippen LogP contribution >= 0.6 is 0 Å². The number of piperidine rings is 1. The van der Waals surface area contributed by atoms with Gasteiger partial charge in [-0.15, -0.1) is 0 Å². The van der Waals surface area contributed by atoms with Crippen LogP contribution in [-0.2, 0) is 16.1 Å².